The molecule has 2 heteroatoms. The lowest BCUT2D eigenvalue weighted by Gasteiger charge is -2.07. The van der Waals surface area contributed by atoms with Crippen LogP contribution in [0.3, 0.4) is 0 Å². The fraction of sp³-hybridized carbons (Fsp3) is 0.571. The number of rotatable bonds is 5. The number of ether oxygens (including phenoxy) is 1. The van der Waals surface area contributed by atoms with Gasteiger partial charge in [0.25, 0.3) is 0 Å². The van der Waals surface area contributed by atoms with Gasteiger partial charge >= 0.3 is 0 Å². The Morgan fingerprint density at radius 2 is 2.33 bits per heavy atom. The molecule has 0 rings (SSSR count). The van der Waals surface area contributed by atoms with Crippen molar-refractivity contribution in [1.82, 2.24) is 0 Å². The predicted octanol–water partition coefficient (Wildman–Crippen LogP) is 1.17. The molecule has 1 atom stereocenters. The predicted molar refractivity (Wildman–Crippen MR) is 36.3 cm³/mol. The van der Waals surface area contributed by atoms with Gasteiger partial charge in [0.15, 0.2) is 0 Å². The molecule has 9 heavy (non-hydrogen) atoms. The van der Waals surface area contributed by atoms with E-state index in [0.717, 1.165) is 12.7 Å². The number of hydrogen-bond donors (Lipinski definition) is 0. The zero-order valence-electron chi connectivity index (χ0n) is 5.67. The molecule has 0 radical (unpaired) electrons. The van der Waals surface area contributed by atoms with E-state index in [1.165, 1.54) is 0 Å². The summed E-state index contributed by atoms with van der Waals surface area (Å²) in [5.41, 5.74) is 0. The lowest BCUT2D eigenvalue weighted by Crippen LogP contribution is -2.08. The van der Waals surface area contributed by atoms with Crippen molar-refractivity contribution in [2.75, 3.05) is 7.11 Å². The molecule has 0 heterocycles. The lowest BCUT2D eigenvalue weighted by atomic mass is 10.2. The van der Waals surface area contributed by atoms with Gasteiger partial charge in [0.05, 0.1) is 6.10 Å². The summed E-state index contributed by atoms with van der Waals surface area (Å²) in [5, 5.41) is 0. The van der Waals surface area contributed by atoms with E-state index in [1.807, 2.05) is 0 Å². The van der Waals surface area contributed by atoms with Crippen LogP contribution in [0.1, 0.15) is 12.8 Å². The maximum atomic E-state index is 9.93. The molecule has 0 aromatic rings. The van der Waals surface area contributed by atoms with Crippen molar-refractivity contribution < 1.29 is 9.53 Å². The normalized spacial score (nSPS) is 12.6. The maximum absolute atomic E-state index is 9.93. The highest BCUT2D eigenvalue weighted by molar-refractivity contribution is 5.50. The highest BCUT2D eigenvalue weighted by Crippen LogP contribution is 1.99. The molecular weight excluding hydrogens is 116 g/mol. The molecule has 52 valence electrons. The third-order valence-corrected chi connectivity index (χ3v) is 1.12. The Bertz CT molecular complexity index is 78.9. The monoisotopic (exact) mass is 128 g/mol. The first-order chi connectivity index (χ1) is 4.35. The van der Waals surface area contributed by atoms with Gasteiger partial charge in [-0.15, -0.1) is 6.58 Å². The van der Waals surface area contributed by atoms with E-state index < -0.39 is 0 Å². The van der Waals surface area contributed by atoms with Gasteiger partial charge in [-0.25, -0.2) is 0 Å². The highest BCUT2D eigenvalue weighted by atomic mass is 16.5. The summed E-state index contributed by atoms with van der Waals surface area (Å²) >= 11 is 0. The second-order valence-electron chi connectivity index (χ2n) is 1.78. The molecule has 0 aliphatic carbocycles. The summed E-state index contributed by atoms with van der Waals surface area (Å²) in [6, 6.07) is 0. The average molecular weight is 128 g/mol. The Kier molecular flexibility index (Phi) is 5.12. The van der Waals surface area contributed by atoms with Crippen LogP contribution >= 0.6 is 0 Å². The van der Waals surface area contributed by atoms with Crippen molar-refractivity contribution in [3.63, 3.8) is 0 Å². The first-order valence-electron chi connectivity index (χ1n) is 2.92. The van der Waals surface area contributed by atoms with Crippen LogP contribution in [0.4, 0.5) is 0 Å². The van der Waals surface area contributed by atoms with E-state index in [-0.39, 0.29) is 6.10 Å². The van der Waals surface area contributed by atoms with Gasteiger partial charge in [0.1, 0.15) is 6.29 Å². The summed E-state index contributed by atoms with van der Waals surface area (Å²) in [6.07, 6.45) is 3.84. The molecular formula is C7H12O2. The lowest BCUT2D eigenvalue weighted by molar-refractivity contribution is -0.109. The van der Waals surface area contributed by atoms with Crippen LogP contribution in [-0.2, 0) is 9.53 Å². The number of aldehydes is 1. The van der Waals surface area contributed by atoms with Gasteiger partial charge in [-0.1, -0.05) is 6.08 Å². The molecule has 0 aliphatic rings. The standard InChI is InChI=1S/C7H12O2/c1-3-4-7(9-2)5-6-8/h3,6-7H,1,4-5H2,2H3. The van der Waals surface area contributed by atoms with E-state index in [1.54, 1.807) is 13.2 Å². The molecule has 0 aromatic heterocycles. The van der Waals surface area contributed by atoms with Crippen molar-refractivity contribution in [3.05, 3.63) is 12.7 Å². The molecule has 0 bridgehead atoms. The highest BCUT2D eigenvalue weighted by Gasteiger charge is 2.01. The van der Waals surface area contributed by atoms with Crippen molar-refractivity contribution in [2.24, 2.45) is 0 Å². The quantitative estimate of drug-likeness (QED) is 0.410. The molecule has 1 unspecified atom stereocenters. The third-order valence-electron chi connectivity index (χ3n) is 1.12. The zero-order chi connectivity index (χ0) is 7.11. The molecule has 0 saturated heterocycles. The Labute approximate surface area is 55.5 Å². The van der Waals surface area contributed by atoms with E-state index in [4.69, 9.17) is 4.74 Å². The fourth-order valence-corrected chi connectivity index (χ4v) is 0.582. The van der Waals surface area contributed by atoms with Crippen LogP contribution in [0.2, 0.25) is 0 Å². The van der Waals surface area contributed by atoms with Crippen LogP contribution < -0.4 is 0 Å². The third kappa shape index (κ3) is 3.91. The van der Waals surface area contributed by atoms with Crippen molar-refractivity contribution in [2.45, 2.75) is 18.9 Å². The number of methoxy groups -OCH3 is 1. The molecule has 0 N–H and O–H groups in total. The van der Waals surface area contributed by atoms with Crippen LogP contribution in [0, 0.1) is 0 Å². The summed E-state index contributed by atoms with van der Waals surface area (Å²) in [7, 11) is 1.59. The number of carbonyl (C=O) groups is 1. The maximum Gasteiger partial charge on any atom is 0.122 e. The SMILES string of the molecule is C=CCC(CC=O)OC. The second kappa shape index (κ2) is 5.51. The minimum Gasteiger partial charge on any atom is -0.381 e. The molecule has 0 amide bonds. The van der Waals surface area contributed by atoms with Gasteiger partial charge in [0, 0.05) is 13.5 Å². The Morgan fingerprint density at radius 3 is 2.67 bits per heavy atom. The molecule has 0 aliphatic heterocycles. The van der Waals surface area contributed by atoms with Gasteiger partial charge in [-0.2, -0.15) is 0 Å². The smallest absolute Gasteiger partial charge is 0.122 e. The van der Waals surface area contributed by atoms with E-state index in [2.05, 4.69) is 6.58 Å². The van der Waals surface area contributed by atoms with Crippen LogP contribution in [0.5, 0.6) is 0 Å². The Balaban J connectivity index is 3.39. The number of carbonyl (C=O) groups excluding carboxylic acids is 1. The molecule has 0 spiro atoms. The van der Waals surface area contributed by atoms with Crippen LogP contribution in [-0.4, -0.2) is 19.5 Å². The number of hydrogen-bond acceptors (Lipinski definition) is 2. The molecule has 0 saturated carbocycles. The molecule has 2 nitrogen and oxygen atoms in total. The summed E-state index contributed by atoms with van der Waals surface area (Å²) in [4.78, 5) is 9.93. The van der Waals surface area contributed by atoms with E-state index >= 15 is 0 Å². The fourth-order valence-electron chi connectivity index (χ4n) is 0.582. The minimum absolute atomic E-state index is 0.0278. The first kappa shape index (κ1) is 8.37. The molecule has 0 fully saturated rings. The van der Waals surface area contributed by atoms with Gasteiger partial charge in [-0.3, -0.25) is 0 Å². The Hall–Kier alpha value is -0.630. The van der Waals surface area contributed by atoms with Crippen molar-refractivity contribution in [3.8, 4) is 0 Å². The summed E-state index contributed by atoms with van der Waals surface area (Å²) in [5.74, 6) is 0. The van der Waals surface area contributed by atoms with Crippen molar-refractivity contribution >= 4 is 6.29 Å². The Morgan fingerprint density at radius 1 is 1.67 bits per heavy atom. The second-order valence-corrected chi connectivity index (χ2v) is 1.78. The summed E-state index contributed by atoms with van der Waals surface area (Å²) < 4.78 is 4.93. The largest absolute Gasteiger partial charge is 0.381 e. The van der Waals surface area contributed by atoms with Gasteiger partial charge < -0.3 is 9.53 Å². The topological polar surface area (TPSA) is 26.3 Å². The van der Waals surface area contributed by atoms with Gasteiger partial charge in [0.2, 0.25) is 0 Å². The van der Waals surface area contributed by atoms with Gasteiger partial charge in [-0.05, 0) is 6.42 Å². The first-order valence-corrected chi connectivity index (χ1v) is 2.92. The van der Waals surface area contributed by atoms with Crippen LogP contribution in [0.15, 0.2) is 12.7 Å². The molecule has 0 aromatic carbocycles. The van der Waals surface area contributed by atoms with E-state index in [9.17, 15) is 4.79 Å². The minimum atomic E-state index is 0.0278. The van der Waals surface area contributed by atoms with Crippen LogP contribution in [0.25, 0.3) is 0 Å². The van der Waals surface area contributed by atoms with Crippen molar-refractivity contribution in [1.29, 1.82) is 0 Å². The average Bonchev–Trinajstić information content (AvgIpc) is 1.88. The summed E-state index contributed by atoms with van der Waals surface area (Å²) in [6.45, 7) is 3.53. The zero-order valence-corrected chi connectivity index (χ0v) is 5.67. The van der Waals surface area contributed by atoms with E-state index in [0.29, 0.717) is 6.42 Å².